The Labute approximate surface area is 103 Å². The molecule has 0 unspecified atom stereocenters. The first kappa shape index (κ1) is 13.6. The molecular weight excluding hydrogens is 216 g/mol. The van der Waals surface area contributed by atoms with Crippen molar-refractivity contribution in [1.82, 2.24) is 0 Å². The van der Waals surface area contributed by atoms with Gasteiger partial charge in [0, 0.05) is 6.42 Å². The molecule has 0 aromatic heterocycles. The number of benzene rings is 1. The van der Waals surface area contributed by atoms with E-state index < -0.39 is 0 Å². The Balaban J connectivity index is 2.54. The van der Waals surface area contributed by atoms with Crippen molar-refractivity contribution in [3.8, 4) is 5.75 Å². The van der Waals surface area contributed by atoms with Crippen LogP contribution >= 0.6 is 0 Å². The zero-order valence-electron chi connectivity index (χ0n) is 10.6. The molecule has 0 spiro atoms. The second-order valence-corrected chi connectivity index (χ2v) is 3.96. The standard InChI is InChI=1S/C14H20O3/c1-3-5-6-9-12-10-7-8-11-13(12)16-17-14(15)4-2/h7-8,10-11H,3-6,9H2,1-2H3. The average Bonchev–Trinajstić information content (AvgIpc) is 2.37. The number of hydrogen-bond acceptors (Lipinski definition) is 3. The molecule has 94 valence electrons. The molecule has 0 radical (unpaired) electrons. The first-order chi connectivity index (χ1) is 8.27. The SMILES string of the molecule is CCCCCc1ccccc1OOC(=O)CC. The molecule has 0 saturated heterocycles. The van der Waals surface area contributed by atoms with E-state index in [9.17, 15) is 4.79 Å². The van der Waals surface area contributed by atoms with E-state index >= 15 is 0 Å². The Morgan fingerprint density at radius 2 is 1.94 bits per heavy atom. The summed E-state index contributed by atoms with van der Waals surface area (Å²) >= 11 is 0. The Hall–Kier alpha value is -1.51. The zero-order valence-corrected chi connectivity index (χ0v) is 10.6. The molecule has 3 heteroatoms. The van der Waals surface area contributed by atoms with Gasteiger partial charge in [0.05, 0.1) is 0 Å². The van der Waals surface area contributed by atoms with E-state index in [4.69, 9.17) is 4.89 Å². The van der Waals surface area contributed by atoms with Crippen LogP contribution in [-0.4, -0.2) is 5.97 Å². The molecule has 1 rings (SSSR count). The van der Waals surface area contributed by atoms with Gasteiger partial charge in [-0.15, -0.1) is 0 Å². The third kappa shape index (κ3) is 4.89. The summed E-state index contributed by atoms with van der Waals surface area (Å²) < 4.78 is 0. The summed E-state index contributed by atoms with van der Waals surface area (Å²) in [6, 6.07) is 7.67. The topological polar surface area (TPSA) is 35.5 Å². The second kappa shape index (κ2) is 7.71. The fraction of sp³-hybridized carbons (Fsp3) is 0.500. The monoisotopic (exact) mass is 236 g/mol. The third-order valence-electron chi connectivity index (χ3n) is 2.54. The Bertz CT molecular complexity index is 347. The average molecular weight is 236 g/mol. The van der Waals surface area contributed by atoms with Crippen molar-refractivity contribution in [2.24, 2.45) is 0 Å². The summed E-state index contributed by atoms with van der Waals surface area (Å²) in [5.41, 5.74) is 1.09. The molecule has 0 atom stereocenters. The van der Waals surface area contributed by atoms with Crippen LogP contribution in [0.1, 0.15) is 45.1 Å². The second-order valence-electron chi connectivity index (χ2n) is 3.96. The van der Waals surface area contributed by atoms with Crippen LogP contribution in [0.15, 0.2) is 24.3 Å². The molecule has 0 aliphatic rings. The summed E-state index contributed by atoms with van der Waals surface area (Å²) in [5, 5.41) is 0. The molecule has 3 nitrogen and oxygen atoms in total. The molecule has 0 fully saturated rings. The molecule has 0 aliphatic carbocycles. The van der Waals surface area contributed by atoms with Crippen molar-refractivity contribution in [1.29, 1.82) is 0 Å². The van der Waals surface area contributed by atoms with Crippen LogP contribution < -0.4 is 4.89 Å². The van der Waals surface area contributed by atoms with E-state index in [1.807, 2.05) is 24.3 Å². The van der Waals surface area contributed by atoms with Gasteiger partial charge in [-0.2, -0.15) is 0 Å². The molecule has 17 heavy (non-hydrogen) atoms. The van der Waals surface area contributed by atoms with Gasteiger partial charge in [-0.05, 0) is 24.5 Å². The van der Waals surface area contributed by atoms with Crippen molar-refractivity contribution in [2.75, 3.05) is 0 Å². The highest BCUT2D eigenvalue weighted by Gasteiger charge is 2.06. The van der Waals surface area contributed by atoms with E-state index in [1.165, 1.54) is 12.8 Å². The number of carbonyl (C=O) groups excluding carboxylic acids is 1. The lowest BCUT2D eigenvalue weighted by atomic mass is 10.1. The summed E-state index contributed by atoms with van der Waals surface area (Å²) in [7, 11) is 0. The van der Waals surface area contributed by atoms with Gasteiger partial charge in [-0.25, -0.2) is 4.79 Å². The molecule has 0 N–H and O–H groups in total. The Morgan fingerprint density at radius 3 is 2.65 bits per heavy atom. The lowest BCUT2D eigenvalue weighted by Gasteiger charge is -2.08. The maximum atomic E-state index is 11.0. The van der Waals surface area contributed by atoms with Crippen LogP contribution in [0.5, 0.6) is 5.75 Å². The minimum absolute atomic E-state index is 0.317. The van der Waals surface area contributed by atoms with Crippen molar-refractivity contribution >= 4 is 5.97 Å². The fourth-order valence-corrected chi connectivity index (χ4v) is 1.51. The molecule has 1 aromatic carbocycles. The Kier molecular flexibility index (Phi) is 6.15. The number of carbonyl (C=O) groups is 1. The molecule has 0 bridgehead atoms. The first-order valence-corrected chi connectivity index (χ1v) is 6.23. The van der Waals surface area contributed by atoms with Gasteiger partial charge in [0.25, 0.3) is 0 Å². The van der Waals surface area contributed by atoms with Crippen LogP contribution in [0.2, 0.25) is 0 Å². The molecule has 0 amide bonds. The van der Waals surface area contributed by atoms with Gasteiger partial charge in [0.1, 0.15) is 0 Å². The Morgan fingerprint density at radius 1 is 1.18 bits per heavy atom. The van der Waals surface area contributed by atoms with Gasteiger partial charge >= 0.3 is 5.97 Å². The highest BCUT2D eigenvalue weighted by Crippen LogP contribution is 2.20. The van der Waals surface area contributed by atoms with Crippen LogP contribution in [-0.2, 0) is 16.1 Å². The number of aryl methyl sites for hydroxylation is 1. The maximum Gasteiger partial charge on any atom is 0.355 e. The van der Waals surface area contributed by atoms with Gasteiger partial charge in [-0.3, -0.25) is 9.78 Å². The van der Waals surface area contributed by atoms with Crippen molar-refractivity contribution in [2.45, 2.75) is 46.0 Å². The van der Waals surface area contributed by atoms with Gasteiger partial charge in [-0.1, -0.05) is 44.9 Å². The number of rotatable bonds is 7. The lowest BCUT2D eigenvalue weighted by Crippen LogP contribution is -2.07. The van der Waals surface area contributed by atoms with Crippen molar-refractivity contribution in [3.63, 3.8) is 0 Å². The van der Waals surface area contributed by atoms with E-state index in [1.54, 1.807) is 6.92 Å². The van der Waals surface area contributed by atoms with E-state index in [2.05, 4.69) is 11.8 Å². The minimum Gasteiger partial charge on any atom is -0.287 e. The summed E-state index contributed by atoms with van der Waals surface area (Å²) in [6.07, 6.45) is 4.78. The fourth-order valence-electron chi connectivity index (χ4n) is 1.51. The minimum atomic E-state index is -0.353. The van der Waals surface area contributed by atoms with E-state index in [-0.39, 0.29) is 5.97 Å². The quantitative estimate of drug-likeness (QED) is 0.411. The number of unbranched alkanes of at least 4 members (excludes halogenated alkanes) is 2. The van der Waals surface area contributed by atoms with E-state index in [0.29, 0.717) is 12.2 Å². The van der Waals surface area contributed by atoms with Gasteiger partial charge in [0.2, 0.25) is 0 Å². The van der Waals surface area contributed by atoms with Gasteiger partial charge < -0.3 is 0 Å². The number of hydrogen-bond donors (Lipinski definition) is 0. The summed E-state index contributed by atoms with van der Waals surface area (Å²) in [4.78, 5) is 20.8. The molecule has 0 saturated carbocycles. The smallest absolute Gasteiger partial charge is 0.287 e. The van der Waals surface area contributed by atoms with Crippen molar-refractivity contribution < 1.29 is 14.6 Å². The van der Waals surface area contributed by atoms with Gasteiger partial charge in [0.15, 0.2) is 5.75 Å². The lowest BCUT2D eigenvalue weighted by molar-refractivity contribution is -0.213. The van der Waals surface area contributed by atoms with Crippen LogP contribution in [0.3, 0.4) is 0 Å². The first-order valence-electron chi connectivity index (χ1n) is 6.23. The molecule has 0 heterocycles. The third-order valence-corrected chi connectivity index (χ3v) is 2.54. The summed E-state index contributed by atoms with van der Waals surface area (Å²) in [5.74, 6) is 0.291. The molecule has 0 aliphatic heterocycles. The predicted octanol–water partition coefficient (Wildman–Crippen LogP) is 3.67. The highest BCUT2D eigenvalue weighted by molar-refractivity contribution is 5.68. The summed E-state index contributed by atoms with van der Waals surface area (Å²) in [6.45, 7) is 3.91. The molecular formula is C14H20O3. The van der Waals surface area contributed by atoms with Crippen LogP contribution in [0.4, 0.5) is 0 Å². The largest absolute Gasteiger partial charge is 0.355 e. The van der Waals surface area contributed by atoms with Crippen LogP contribution in [0, 0.1) is 0 Å². The van der Waals surface area contributed by atoms with Crippen molar-refractivity contribution in [3.05, 3.63) is 29.8 Å². The number of para-hydroxylation sites is 1. The maximum absolute atomic E-state index is 11.0. The van der Waals surface area contributed by atoms with Crippen LogP contribution in [0.25, 0.3) is 0 Å². The normalized spacial score (nSPS) is 10.0. The van der Waals surface area contributed by atoms with E-state index in [0.717, 1.165) is 18.4 Å². The highest BCUT2D eigenvalue weighted by atomic mass is 17.2. The zero-order chi connectivity index (χ0) is 12.5. The predicted molar refractivity (Wildman–Crippen MR) is 66.7 cm³/mol. The molecule has 1 aromatic rings.